The summed E-state index contributed by atoms with van der Waals surface area (Å²) in [5, 5.41) is 3.29. The molecule has 1 N–H and O–H groups in total. The van der Waals surface area contributed by atoms with Crippen LogP contribution in [0.3, 0.4) is 0 Å². The van der Waals surface area contributed by atoms with Crippen molar-refractivity contribution in [2.45, 2.75) is 19.8 Å². The fourth-order valence-corrected chi connectivity index (χ4v) is 1.99. The van der Waals surface area contributed by atoms with Crippen molar-refractivity contribution >= 4 is 29.2 Å². The molecule has 0 unspecified atom stereocenters. The monoisotopic (exact) mass is 267 g/mol. The highest BCUT2D eigenvalue weighted by molar-refractivity contribution is 6.31. The Kier molecular flexibility index (Phi) is 3.30. The topological polar surface area (TPSA) is 55.4 Å². The van der Waals surface area contributed by atoms with Crippen LogP contribution in [-0.4, -0.2) is 19.0 Å². The lowest BCUT2D eigenvalue weighted by Crippen LogP contribution is -2.32. The maximum absolute atomic E-state index is 12.1. The number of anilines is 1. The van der Waals surface area contributed by atoms with Gasteiger partial charge in [0.05, 0.1) is 7.11 Å². The summed E-state index contributed by atoms with van der Waals surface area (Å²) in [5.74, 6) is -0.792. The van der Waals surface area contributed by atoms with Gasteiger partial charge in [0.1, 0.15) is 5.41 Å². The van der Waals surface area contributed by atoms with Crippen LogP contribution in [0, 0.1) is 12.3 Å². The summed E-state index contributed by atoms with van der Waals surface area (Å²) >= 11 is 5.88. The molecule has 1 aromatic rings. The van der Waals surface area contributed by atoms with Crippen LogP contribution in [0.15, 0.2) is 18.2 Å². The third kappa shape index (κ3) is 2.20. The van der Waals surface area contributed by atoms with Crippen molar-refractivity contribution in [2.75, 3.05) is 12.4 Å². The van der Waals surface area contributed by atoms with Crippen molar-refractivity contribution in [1.29, 1.82) is 0 Å². The number of esters is 1. The van der Waals surface area contributed by atoms with Gasteiger partial charge in [-0.05, 0) is 37.5 Å². The number of nitrogens with one attached hydrogen (secondary N) is 1. The quantitative estimate of drug-likeness (QED) is 0.676. The molecule has 4 nitrogen and oxygen atoms in total. The van der Waals surface area contributed by atoms with Crippen molar-refractivity contribution in [3.05, 3.63) is 28.8 Å². The fourth-order valence-electron chi connectivity index (χ4n) is 1.82. The predicted octanol–water partition coefficient (Wildman–Crippen LogP) is 2.54. The first-order chi connectivity index (χ1) is 8.49. The van der Waals surface area contributed by atoms with Crippen LogP contribution in [0.1, 0.15) is 18.4 Å². The lowest BCUT2D eigenvalue weighted by atomic mass is 10.1. The first-order valence-corrected chi connectivity index (χ1v) is 6.03. The number of ether oxygens (including phenoxy) is 1. The van der Waals surface area contributed by atoms with E-state index in [2.05, 4.69) is 10.1 Å². The lowest BCUT2D eigenvalue weighted by molar-refractivity contribution is -0.150. The average molecular weight is 268 g/mol. The number of carbonyl (C=O) groups excluding carboxylic acids is 2. The normalized spacial score (nSPS) is 15.9. The molecule has 5 heteroatoms. The Bertz CT molecular complexity index is 509. The van der Waals surface area contributed by atoms with Crippen LogP contribution in [0.2, 0.25) is 5.02 Å². The third-order valence-corrected chi connectivity index (χ3v) is 3.44. The summed E-state index contributed by atoms with van der Waals surface area (Å²) in [4.78, 5) is 23.7. The third-order valence-electron chi connectivity index (χ3n) is 3.21. The van der Waals surface area contributed by atoms with E-state index in [-0.39, 0.29) is 5.91 Å². The lowest BCUT2D eigenvalue weighted by Gasteiger charge is -2.14. The first-order valence-electron chi connectivity index (χ1n) is 5.65. The molecule has 1 amide bonds. The summed E-state index contributed by atoms with van der Waals surface area (Å²) < 4.78 is 4.66. The van der Waals surface area contributed by atoms with Gasteiger partial charge in [0.15, 0.2) is 0 Å². The molecular weight excluding hydrogens is 254 g/mol. The number of aryl methyl sites for hydroxylation is 1. The molecule has 1 aliphatic rings. The predicted molar refractivity (Wildman–Crippen MR) is 68.5 cm³/mol. The maximum Gasteiger partial charge on any atom is 0.321 e. The van der Waals surface area contributed by atoms with E-state index in [0.29, 0.717) is 23.6 Å². The summed E-state index contributed by atoms with van der Waals surface area (Å²) in [6.45, 7) is 1.86. The van der Waals surface area contributed by atoms with E-state index in [9.17, 15) is 9.59 Å². The van der Waals surface area contributed by atoms with E-state index < -0.39 is 11.4 Å². The van der Waals surface area contributed by atoms with Gasteiger partial charge in [-0.1, -0.05) is 17.7 Å². The number of benzene rings is 1. The molecule has 0 heterocycles. The van der Waals surface area contributed by atoms with Gasteiger partial charge < -0.3 is 10.1 Å². The summed E-state index contributed by atoms with van der Waals surface area (Å²) in [7, 11) is 1.29. The van der Waals surface area contributed by atoms with E-state index in [1.165, 1.54) is 7.11 Å². The molecule has 0 atom stereocenters. The van der Waals surface area contributed by atoms with E-state index in [1.807, 2.05) is 13.0 Å². The molecule has 0 spiro atoms. The number of rotatable bonds is 3. The van der Waals surface area contributed by atoms with Gasteiger partial charge in [-0.25, -0.2) is 0 Å². The number of methoxy groups -OCH3 is 1. The molecule has 0 aliphatic heterocycles. The minimum absolute atomic E-state index is 0.320. The summed E-state index contributed by atoms with van der Waals surface area (Å²) in [6, 6.07) is 5.23. The largest absolute Gasteiger partial charge is 0.468 e. The van der Waals surface area contributed by atoms with Crippen LogP contribution < -0.4 is 5.32 Å². The zero-order chi connectivity index (χ0) is 13.3. The molecule has 0 radical (unpaired) electrons. The number of hydrogen-bond acceptors (Lipinski definition) is 3. The SMILES string of the molecule is COC(=O)C1(C(=O)Nc2cc(Cl)ccc2C)CC1. The Balaban J connectivity index is 2.17. The molecule has 1 saturated carbocycles. The number of amides is 1. The number of carbonyl (C=O) groups is 2. The van der Waals surface area contributed by atoms with Crippen LogP contribution in [-0.2, 0) is 14.3 Å². The van der Waals surface area contributed by atoms with Crippen molar-refractivity contribution in [2.24, 2.45) is 5.41 Å². The Labute approximate surface area is 110 Å². The highest BCUT2D eigenvalue weighted by Crippen LogP contribution is 2.47. The zero-order valence-corrected chi connectivity index (χ0v) is 11.0. The minimum Gasteiger partial charge on any atom is -0.468 e. The van der Waals surface area contributed by atoms with Gasteiger partial charge >= 0.3 is 5.97 Å². The Hall–Kier alpha value is -1.55. The van der Waals surface area contributed by atoms with Crippen molar-refractivity contribution in [3.63, 3.8) is 0 Å². The van der Waals surface area contributed by atoms with Crippen molar-refractivity contribution in [1.82, 2.24) is 0 Å². The van der Waals surface area contributed by atoms with Crippen molar-refractivity contribution < 1.29 is 14.3 Å². The maximum atomic E-state index is 12.1. The molecule has 96 valence electrons. The molecular formula is C13H14ClNO3. The molecule has 0 bridgehead atoms. The number of hydrogen-bond donors (Lipinski definition) is 1. The van der Waals surface area contributed by atoms with E-state index in [0.717, 1.165) is 5.56 Å². The van der Waals surface area contributed by atoms with Gasteiger partial charge in [-0.3, -0.25) is 9.59 Å². The van der Waals surface area contributed by atoms with Crippen LogP contribution in [0.5, 0.6) is 0 Å². The second-order valence-electron chi connectivity index (χ2n) is 4.49. The number of halogens is 1. The first kappa shape index (κ1) is 12.9. The van der Waals surface area contributed by atoms with Gasteiger partial charge in [-0.2, -0.15) is 0 Å². The standard InChI is InChI=1S/C13H14ClNO3/c1-8-3-4-9(14)7-10(8)15-11(16)13(5-6-13)12(17)18-2/h3-4,7H,5-6H2,1-2H3,(H,15,16). The second kappa shape index (κ2) is 4.61. The average Bonchev–Trinajstić information content (AvgIpc) is 3.14. The van der Waals surface area contributed by atoms with E-state index >= 15 is 0 Å². The van der Waals surface area contributed by atoms with E-state index in [4.69, 9.17) is 11.6 Å². The minimum atomic E-state index is -0.997. The highest BCUT2D eigenvalue weighted by atomic mass is 35.5. The Morgan fingerprint density at radius 1 is 1.39 bits per heavy atom. The smallest absolute Gasteiger partial charge is 0.321 e. The van der Waals surface area contributed by atoms with Crippen LogP contribution >= 0.6 is 11.6 Å². The second-order valence-corrected chi connectivity index (χ2v) is 4.92. The highest BCUT2D eigenvalue weighted by Gasteiger charge is 2.57. The molecule has 1 aliphatic carbocycles. The molecule has 1 aromatic carbocycles. The van der Waals surface area contributed by atoms with Gasteiger partial charge in [0.25, 0.3) is 0 Å². The van der Waals surface area contributed by atoms with Crippen LogP contribution in [0.25, 0.3) is 0 Å². The Morgan fingerprint density at radius 2 is 2.06 bits per heavy atom. The molecule has 0 saturated heterocycles. The molecule has 0 aromatic heterocycles. The molecule has 2 rings (SSSR count). The van der Waals surface area contributed by atoms with Crippen molar-refractivity contribution in [3.8, 4) is 0 Å². The summed E-state index contributed by atoms with van der Waals surface area (Å²) in [6.07, 6.45) is 1.07. The van der Waals surface area contributed by atoms with Gasteiger partial charge in [-0.15, -0.1) is 0 Å². The fraction of sp³-hybridized carbons (Fsp3) is 0.385. The molecule has 18 heavy (non-hydrogen) atoms. The zero-order valence-electron chi connectivity index (χ0n) is 10.2. The van der Waals surface area contributed by atoms with Gasteiger partial charge in [0, 0.05) is 10.7 Å². The van der Waals surface area contributed by atoms with Gasteiger partial charge in [0.2, 0.25) is 5.91 Å². The summed E-state index contributed by atoms with van der Waals surface area (Å²) in [5.41, 5.74) is 0.528. The van der Waals surface area contributed by atoms with E-state index in [1.54, 1.807) is 12.1 Å². The Morgan fingerprint density at radius 3 is 2.61 bits per heavy atom. The van der Waals surface area contributed by atoms with Crippen LogP contribution in [0.4, 0.5) is 5.69 Å². The molecule has 1 fully saturated rings.